The van der Waals surface area contributed by atoms with E-state index in [1.165, 1.54) is 11.8 Å². The molecular formula is C19H20N4O2S. The van der Waals surface area contributed by atoms with Crippen molar-refractivity contribution in [2.75, 3.05) is 5.75 Å². The molecule has 7 heteroatoms. The molecule has 0 spiro atoms. The lowest BCUT2D eigenvalue weighted by Gasteiger charge is -2.13. The summed E-state index contributed by atoms with van der Waals surface area (Å²) < 4.78 is 7.14. The van der Waals surface area contributed by atoms with E-state index in [9.17, 15) is 4.79 Å². The van der Waals surface area contributed by atoms with E-state index in [0.29, 0.717) is 5.16 Å². The largest absolute Gasteiger partial charge is 0.457 e. The number of carbonyl (C=O) groups is 1. The van der Waals surface area contributed by atoms with Crippen LogP contribution in [0.15, 0.2) is 53.7 Å². The number of esters is 1. The van der Waals surface area contributed by atoms with Gasteiger partial charge in [-0.3, -0.25) is 4.79 Å². The Kier molecular flexibility index (Phi) is 5.68. The minimum atomic E-state index is -0.304. The second kappa shape index (κ2) is 8.14. The second-order valence-electron chi connectivity index (χ2n) is 5.99. The molecule has 3 rings (SSSR count). The SMILES string of the molecule is Cc1ccc(C)c(-n2nnnc2SCC(=O)O[C@H](C)c2ccccc2)c1. The quantitative estimate of drug-likeness (QED) is 0.488. The summed E-state index contributed by atoms with van der Waals surface area (Å²) in [5, 5.41) is 12.4. The van der Waals surface area contributed by atoms with Gasteiger partial charge in [-0.2, -0.15) is 4.68 Å². The molecule has 0 amide bonds. The van der Waals surface area contributed by atoms with Crippen molar-refractivity contribution < 1.29 is 9.53 Å². The minimum Gasteiger partial charge on any atom is -0.457 e. The zero-order chi connectivity index (χ0) is 18.5. The van der Waals surface area contributed by atoms with Crippen molar-refractivity contribution in [3.8, 4) is 5.69 Å². The number of aromatic nitrogens is 4. The Morgan fingerprint density at radius 2 is 1.96 bits per heavy atom. The fourth-order valence-electron chi connectivity index (χ4n) is 2.51. The Bertz CT molecular complexity index is 896. The van der Waals surface area contributed by atoms with Crippen molar-refractivity contribution in [3.63, 3.8) is 0 Å². The summed E-state index contributed by atoms with van der Waals surface area (Å²) in [5.41, 5.74) is 4.05. The molecule has 2 aromatic carbocycles. The topological polar surface area (TPSA) is 69.9 Å². The lowest BCUT2D eigenvalue weighted by Crippen LogP contribution is -2.12. The number of thioether (sulfide) groups is 1. The Morgan fingerprint density at radius 3 is 2.73 bits per heavy atom. The lowest BCUT2D eigenvalue weighted by atomic mass is 10.1. The highest BCUT2D eigenvalue weighted by Crippen LogP contribution is 2.23. The minimum absolute atomic E-state index is 0.141. The molecule has 1 aromatic heterocycles. The number of nitrogens with zero attached hydrogens (tertiary/aromatic N) is 4. The molecule has 0 saturated carbocycles. The van der Waals surface area contributed by atoms with Crippen LogP contribution in [-0.4, -0.2) is 31.9 Å². The molecule has 0 aliphatic carbocycles. The van der Waals surface area contributed by atoms with E-state index in [1.807, 2.05) is 69.3 Å². The van der Waals surface area contributed by atoms with Gasteiger partial charge in [0.2, 0.25) is 5.16 Å². The number of ether oxygens (including phenoxy) is 1. The third-order valence-electron chi connectivity index (χ3n) is 3.93. The first kappa shape index (κ1) is 18.1. The predicted octanol–water partition coefficient (Wildman–Crippen LogP) is 3.68. The van der Waals surface area contributed by atoms with E-state index >= 15 is 0 Å². The Morgan fingerprint density at radius 1 is 1.19 bits per heavy atom. The molecule has 0 aliphatic rings. The molecule has 0 N–H and O–H groups in total. The molecule has 0 radical (unpaired) electrons. The molecule has 26 heavy (non-hydrogen) atoms. The van der Waals surface area contributed by atoms with Crippen molar-refractivity contribution in [3.05, 3.63) is 65.2 Å². The lowest BCUT2D eigenvalue weighted by molar-refractivity contribution is -0.145. The zero-order valence-electron chi connectivity index (χ0n) is 14.9. The first-order valence-corrected chi connectivity index (χ1v) is 9.26. The van der Waals surface area contributed by atoms with Crippen LogP contribution < -0.4 is 0 Å². The summed E-state index contributed by atoms with van der Waals surface area (Å²) in [5.74, 6) is -0.163. The van der Waals surface area contributed by atoms with Crippen LogP contribution in [0.1, 0.15) is 29.7 Å². The van der Waals surface area contributed by atoms with Crippen LogP contribution in [0.3, 0.4) is 0 Å². The van der Waals surface area contributed by atoms with Gasteiger partial charge in [-0.05, 0) is 54.0 Å². The maximum Gasteiger partial charge on any atom is 0.316 e. The molecule has 1 atom stereocenters. The highest BCUT2D eigenvalue weighted by atomic mass is 32.2. The summed E-state index contributed by atoms with van der Waals surface area (Å²) in [6, 6.07) is 15.7. The van der Waals surface area contributed by atoms with E-state index in [0.717, 1.165) is 22.4 Å². The molecular weight excluding hydrogens is 348 g/mol. The standard InChI is InChI=1S/C19H20N4O2S/c1-13-9-10-14(2)17(11-13)23-19(20-21-22-23)26-12-18(24)25-15(3)16-7-5-4-6-8-16/h4-11,15H,12H2,1-3H3/t15-/m1/s1. The number of carbonyl (C=O) groups excluding carboxylic acids is 1. The number of aryl methyl sites for hydroxylation is 2. The fourth-order valence-corrected chi connectivity index (χ4v) is 3.18. The molecule has 0 aliphatic heterocycles. The van der Waals surface area contributed by atoms with E-state index in [4.69, 9.17) is 4.74 Å². The molecule has 1 heterocycles. The van der Waals surface area contributed by atoms with Gasteiger partial charge in [0, 0.05) is 0 Å². The summed E-state index contributed by atoms with van der Waals surface area (Å²) in [4.78, 5) is 12.2. The monoisotopic (exact) mass is 368 g/mol. The van der Waals surface area contributed by atoms with Gasteiger partial charge in [-0.1, -0.05) is 54.2 Å². The van der Waals surface area contributed by atoms with Gasteiger partial charge in [0.05, 0.1) is 11.4 Å². The van der Waals surface area contributed by atoms with Gasteiger partial charge >= 0.3 is 5.97 Å². The van der Waals surface area contributed by atoms with Crippen LogP contribution in [0.5, 0.6) is 0 Å². The Balaban J connectivity index is 1.65. The van der Waals surface area contributed by atoms with Gasteiger partial charge in [0.25, 0.3) is 0 Å². The second-order valence-corrected chi connectivity index (χ2v) is 6.94. The predicted molar refractivity (Wildman–Crippen MR) is 100 cm³/mol. The molecule has 0 saturated heterocycles. The Labute approximate surface area is 156 Å². The van der Waals surface area contributed by atoms with Crippen LogP contribution >= 0.6 is 11.8 Å². The van der Waals surface area contributed by atoms with Crippen molar-refractivity contribution >= 4 is 17.7 Å². The molecule has 0 unspecified atom stereocenters. The summed E-state index contributed by atoms with van der Waals surface area (Å²) >= 11 is 1.26. The smallest absolute Gasteiger partial charge is 0.316 e. The van der Waals surface area contributed by atoms with Crippen LogP contribution in [-0.2, 0) is 9.53 Å². The van der Waals surface area contributed by atoms with Crippen LogP contribution in [0, 0.1) is 13.8 Å². The van der Waals surface area contributed by atoms with Gasteiger partial charge in [-0.25, -0.2) is 0 Å². The number of hydrogen-bond donors (Lipinski definition) is 0. The van der Waals surface area contributed by atoms with E-state index in [1.54, 1.807) is 4.68 Å². The number of rotatable bonds is 6. The molecule has 3 aromatic rings. The first-order chi connectivity index (χ1) is 12.5. The summed E-state index contributed by atoms with van der Waals surface area (Å²) in [7, 11) is 0. The zero-order valence-corrected chi connectivity index (χ0v) is 15.7. The average Bonchev–Trinajstić information content (AvgIpc) is 3.11. The summed E-state index contributed by atoms with van der Waals surface area (Å²) in [6.45, 7) is 5.88. The normalized spacial score (nSPS) is 12.0. The van der Waals surface area contributed by atoms with Crippen LogP contribution in [0.4, 0.5) is 0 Å². The van der Waals surface area contributed by atoms with Crippen LogP contribution in [0.2, 0.25) is 0 Å². The van der Waals surface area contributed by atoms with Gasteiger partial charge in [0.15, 0.2) is 0 Å². The third-order valence-corrected chi connectivity index (χ3v) is 4.82. The molecule has 134 valence electrons. The number of tetrazole rings is 1. The first-order valence-electron chi connectivity index (χ1n) is 8.28. The highest BCUT2D eigenvalue weighted by molar-refractivity contribution is 7.99. The third kappa shape index (κ3) is 4.29. The fraction of sp³-hybridized carbons (Fsp3) is 0.263. The van der Waals surface area contributed by atoms with Crippen molar-refractivity contribution in [1.82, 2.24) is 20.2 Å². The van der Waals surface area contributed by atoms with Crippen molar-refractivity contribution in [1.29, 1.82) is 0 Å². The molecule has 6 nitrogen and oxygen atoms in total. The molecule has 0 bridgehead atoms. The van der Waals surface area contributed by atoms with Gasteiger partial charge in [-0.15, -0.1) is 5.10 Å². The van der Waals surface area contributed by atoms with Crippen LogP contribution in [0.25, 0.3) is 5.69 Å². The number of benzene rings is 2. The van der Waals surface area contributed by atoms with Gasteiger partial charge in [0.1, 0.15) is 6.10 Å². The maximum atomic E-state index is 12.2. The highest BCUT2D eigenvalue weighted by Gasteiger charge is 2.16. The Hall–Kier alpha value is -2.67. The average molecular weight is 368 g/mol. The molecule has 0 fully saturated rings. The van der Waals surface area contributed by atoms with Gasteiger partial charge < -0.3 is 4.74 Å². The summed E-state index contributed by atoms with van der Waals surface area (Å²) in [6.07, 6.45) is -0.292. The van der Waals surface area contributed by atoms with Crippen molar-refractivity contribution in [2.24, 2.45) is 0 Å². The van der Waals surface area contributed by atoms with E-state index in [2.05, 4.69) is 15.5 Å². The number of hydrogen-bond acceptors (Lipinski definition) is 6. The van der Waals surface area contributed by atoms with E-state index < -0.39 is 0 Å². The maximum absolute atomic E-state index is 12.2. The van der Waals surface area contributed by atoms with Crippen molar-refractivity contribution in [2.45, 2.75) is 32.0 Å². The van der Waals surface area contributed by atoms with E-state index in [-0.39, 0.29) is 17.8 Å².